The number of hydrogen-bond donors (Lipinski definition) is 3. The number of phenols is 1. The molecule has 0 bridgehead atoms. The Bertz CT molecular complexity index is 940. The molecule has 7 heteroatoms. The first-order chi connectivity index (χ1) is 11.8. The molecule has 0 aliphatic carbocycles. The number of fused-ring (bicyclic) bond motifs is 3. The number of aromatic nitrogens is 2. The number of carbonyl (C=O) groups is 1. The zero-order valence-corrected chi connectivity index (χ0v) is 14.3. The Morgan fingerprint density at radius 1 is 1.32 bits per heavy atom. The van der Waals surface area contributed by atoms with Gasteiger partial charge in [0.15, 0.2) is 5.69 Å². The minimum absolute atomic E-state index is 0.125. The van der Waals surface area contributed by atoms with Gasteiger partial charge in [-0.3, -0.25) is 0 Å². The van der Waals surface area contributed by atoms with E-state index in [2.05, 4.69) is 9.97 Å². The molecule has 0 aliphatic rings. The van der Waals surface area contributed by atoms with Crippen LogP contribution in [0, 0.1) is 0 Å². The maximum Gasteiger partial charge on any atom is 0.357 e. The van der Waals surface area contributed by atoms with Crippen LogP contribution >= 0.6 is 0 Å². The van der Waals surface area contributed by atoms with E-state index in [1.807, 2.05) is 0 Å². The fraction of sp³-hybridized carbons (Fsp3) is 0.333. The molecule has 2 heterocycles. The Labute approximate surface area is 144 Å². The van der Waals surface area contributed by atoms with Gasteiger partial charge in [-0.15, -0.1) is 0 Å². The summed E-state index contributed by atoms with van der Waals surface area (Å²) < 4.78 is 10.4. The molecule has 0 fully saturated rings. The van der Waals surface area contributed by atoms with Crippen LogP contribution in [0.25, 0.3) is 21.8 Å². The summed E-state index contributed by atoms with van der Waals surface area (Å²) in [6.45, 7) is 3.11. The number of benzene rings is 1. The molecule has 0 saturated heterocycles. The zero-order valence-electron chi connectivity index (χ0n) is 14.3. The van der Waals surface area contributed by atoms with E-state index in [1.165, 1.54) is 7.11 Å². The summed E-state index contributed by atoms with van der Waals surface area (Å²) in [7, 11) is 1.52. The lowest BCUT2D eigenvalue weighted by Crippen LogP contribution is -2.28. The average molecular weight is 344 g/mol. The van der Waals surface area contributed by atoms with Crippen molar-refractivity contribution in [1.82, 2.24) is 9.97 Å². The van der Waals surface area contributed by atoms with Crippen molar-refractivity contribution in [2.24, 2.45) is 0 Å². The lowest BCUT2D eigenvalue weighted by Gasteiger charge is -2.17. The third-order valence-electron chi connectivity index (χ3n) is 3.76. The first kappa shape index (κ1) is 17.2. The summed E-state index contributed by atoms with van der Waals surface area (Å²) in [5.41, 5.74) is 1.11. The van der Waals surface area contributed by atoms with E-state index in [4.69, 9.17) is 9.47 Å². The Balaban J connectivity index is 2.15. The van der Waals surface area contributed by atoms with Crippen molar-refractivity contribution in [3.63, 3.8) is 0 Å². The van der Waals surface area contributed by atoms with Gasteiger partial charge in [-0.1, -0.05) is 0 Å². The van der Waals surface area contributed by atoms with Gasteiger partial charge >= 0.3 is 5.97 Å². The van der Waals surface area contributed by atoms with Crippen LogP contribution in [-0.2, 0) is 16.1 Å². The minimum atomic E-state index is -1.13. The SMILES string of the molecule is COCc1c(C(=O)OCC(C)(C)O)ncc2[nH]c3ccc(O)cc3c12. The summed E-state index contributed by atoms with van der Waals surface area (Å²) in [6, 6.07) is 4.96. The summed E-state index contributed by atoms with van der Waals surface area (Å²) in [4.78, 5) is 19.9. The Morgan fingerprint density at radius 2 is 2.08 bits per heavy atom. The van der Waals surface area contributed by atoms with Crippen LogP contribution in [0.1, 0.15) is 29.9 Å². The second-order valence-electron chi connectivity index (χ2n) is 6.55. The highest BCUT2D eigenvalue weighted by Crippen LogP contribution is 2.32. The number of aromatic amines is 1. The topological polar surface area (TPSA) is 105 Å². The van der Waals surface area contributed by atoms with E-state index < -0.39 is 11.6 Å². The molecular formula is C18H20N2O5. The Hall–Kier alpha value is -2.64. The van der Waals surface area contributed by atoms with Crippen LogP contribution < -0.4 is 0 Å². The number of nitrogens with one attached hydrogen (secondary N) is 1. The van der Waals surface area contributed by atoms with Crippen molar-refractivity contribution in [2.45, 2.75) is 26.1 Å². The molecule has 0 spiro atoms. The van der Waals surface area contributed by atoms with Gasteiger partial charge in [0, 0.05) is 29.0 Å². The van der Waals surface area contributed by atoms with Gasteiger partial charge in [0.25, 0.3) is 0 Å². The van der Waals surface area contributed by atoms with Crippen LogP contribution in [0.15, 0.2) is 24.4 Å². The molecule has 3 rings (SSSR count). The van der Waals surface area contributed by atoms with E-state index in [-0.39, 0.29) is 24.7 Å². The highest BCUT2D eigenvalue weighted by atomic mass is 16.5. The molecular weight excluding hydrogens is 324 g/mol. The highest BCUT2D eigenvalue weighted by Gasteiger charge is 2.23. The van der Waals surface area contributed by atoms with Crippen molar-refractivity contribution in [1.29, 1.82) is 0 Å². The molecule has 0 amide bonds. The zero-order chi connectivity index (χ0) is 18.2. The quantitative estimate of drug-likeness (QED) is 0.614. The molecule has 0 atom stereocenters. The van der Waals surface area contributed by atoms with E-state index in [0.717, 1.165) is 21.8 Å². The first-order valence-electron chi connectivity index (χ1n) is 7.81. The normalized spacial score (nSPS) is 12.0. The number of rotatable bonds is 5. The molecule has 3 N–H and O–H groups in total. The standard InChI is InChI=1S/C18H20N2O5/c1-18(2,23)9-25-17(22)16-12(8-24-3)15-11-6-10(21)4-5-13(11)20-14(15)7-19-16/h4-7,20-21,23H,8-9H2,1-3H3. The van der Waals surface area contributed by atoms with Crippen LogP contribution in [-0.4, -0.2) is 45.5 Å². The summed E-state index contributed by atoms with van der Waals surface area (Å²) >= 11 is 0. The number of aromatic hydroxyl groups is 1. The number of nitrogens with zero attached hydrogens (tertiary/aromatic N) is 1. The Kier molecular flexibility index (Phi) is 4.36. The largest absolute Gasteiger partial charge is 0.508 e. The monoisotopic (exact) mass is 344 g/mol. The number of aliphatic hydroxyl groups is 1. The third kappa shape index (κ3) is 3.42. The molecule has 0 aliphatic heterocycles. The molecule has 7 nitrogen and oxygen atoms in total. The molecule has 1 aromatic carbocycles. The number of phenolic OH excluding ortho intramolecular Hbond substituents is 1. The fourth-order valence-corrected chi connectivity index (χ4v) is 2.72. The molecule has 25 heavy (non-hydrogen) atoms. The number of hydrogen-bond acceptors (Lipinski definition) is 6. The van der Waals surface area contributed by atoms with Crippen LogP contribution in [0.3, 0.4) is 0 Å². The van der Waals surface area contributed by atoms with Gasteiger partial charge in [-0.05, 0) is 32.0 Å². The van der Waals surface area contributed by atoms with Crippen molar-refractivity contribution >= 4 is 27.8 Å². The predicted octanol–water partition coefficient (Wildman–Crippen LogP) is 2.50. The number of carbonyl (C=O) groups excluding carboxylic acids is 1. The van der Waals surface area contributed by atoms with Crippen molar-refractivity contribution < 1.29 is 24.5 Å². The molecule has 2 aromatic heterocycles. The maximum atomic E-state index is 12.4. The van der Waals surface area contributed by atoms with Crippen molar-refractivity contribution in [3.05, 3.63) is 35.7 Å². The summed E-state index contributed by atoms with van der Waals surface area (Å²) in [5, 5.41) is 21.1. The summed E-state index contributed by atoms with van der Waals surface area (Å²) in [5.74, 6) is -0.509. The third-order valence-corrected chi connectivity index (χ3v) is 3.76. The molecule has 3 aromatic rings. The fourth-order valence-electron chi connectivity index (χ4n) is 2.72. The van der Waals surface area contributed by atoms with Crippen LogP contribution in [0.4, 0.5) is 0 Å². The number of esters is 1. The van der Waals surface area contributed by atoms with E-state index in [0.29, 0.717) is 5.56 Å². The van der Waals surface area contributed by atoms with E-state index in [1.54, 1.807) is 38.2 Å². The van der Waals surface area contributed by atoms with Crippen molar-refractivity contribution in [2.75, 3.05) is 13.7 Å². The lowest BCUT2D eigenvalue weighted by atomic mass is 10.1. The van der Waals surface area contributed by atoms with Gasteiger partial charge in [0.1, 0.15) is 12.4 Å². The van der Waals surface area contributed by atoms with Crippen LogP contribution in [0.5, 0.6) is 5.75 Å². The number of methoxy groups -OCH3 is 1. The van der Waals surface area contributed by atoms with Crippen LogP contribution in [0.2, 0.25) is 0 Å². The van der Waals surface area contributed by atoms with E-state index >= 15 is 0 Å². The van der Waals surface area contributed by atoms with Gasteiger partial charge < -0.3 is 24.7 Å². The molecule has 0 saturated carbocycles. The molecule has 0 radical (unpaired) electrons. The van der Waals surface area contributed by atoms with Crippen molar-refractivity contribution in [3.8, 4) is 5.75 Å². The number of H-pyrrole nitrogens is 1. The maximum absolute atomic E-state index is 12.4. The van der Waals surface area contributed by atoms with Gasteiger partial charge in [0.2, 0.25) is 0 Å². The van der Waals surface area contributed by atoms with Gasteiger partial charge in [-0.25, -0.2) is 9.78 Å². The second kappa shape index (κ2) is 6.34. The number of ether oxygens (including phenoxy) is 2. The smallest absolute Gasteiger partial charge is 0.357 e. The Morgan fingerprint density at radius 3 is 2.76 bits per heavy atom. The summed E-state index contributed by atoms with van der Waals surface area (Å²) in [6.07, 6.45) is 1.55. The molecule has 132 valence electrons. The predicted molar refractivity (Wildman–Crippen MR) is 92.6 cm³/mol. The lowest BCUT2D eigenvalue weighted by molar-refractivity contribution is -0.0106. The van der Waals surface area contributed by atoms with Gasteiger partial charge in [-0.2, -0.15) is 0 Å². The second-order valence-corrected chi connectivity index (χ2v) is 6.55. The highest BCUT2D eigenvalue weighted by molar-refractivity contribution is 6.11. The van der Waals surface area contributed by atoms with Gasteiger partial charge in [0.05, 0.1) is 23.9 Å². The minimum Gasteiger partial charge on any atom is -0.508 e. The van der Waals surface area contributed by atoms with E-state index in [9.17, 15) is 15.0 Å². The molecule has 0 unspecified atom stereocenters. The number of pyridine rings is 1. The average Bonchev–Trinajstić information content (AvgIpc) is 2.90. The first-order valence-corrected chi connectivity index (χ1v) is 7.81.